The van der Waals surface area contributed by atoms with Crippen LogP contribution >= 0.6 is 11.6 Å². The van der Waals surface area contributed by atoms with Gasteiger partial charge in [0.2, 0.25) is 0 Å². The topological polar surface area (TPSA) is 16.1 Å². The van der Waals surface area contributed by atoms with Crippen LogP contribution in [0.15, 0.2) is 18.3 Å². The number of halogens is 1. The lowest BCUT2D eigenvalue weighted by Gasteiger charge is -2.41. The molecule has 3 aliphatic rings. The molecule has 1 aromatic heterocycles. The smallest absolute Gasteiger partial charge is 0.129 e. The minimum Gasteiger partial charge on any atom is -0.296 e. The second-order valence-electron chi connectivity index (χ2n) is 4.56. The first-order valence-electron chi connectivity index (χ1n) is 5.04. The quantitative estimate of drug-likeness (QED) is 0.659. The van der Waals surface area contributed by atoms with E-state index >= 15 is 0 Å². The Morgan fingerprint density at radius 1 is 1.50 bits per heavy atom. The lowest BCUT2D eigenvalue weighted by molar-refractivity contribution is 0.130. The van der Waals surface area contributed by atoms with E-state index in [9.17, 15) is 0 Å². The predicted octanol–water partition coefficient (Wildman–Crippen LogP) is 2.29. The zero-order chi connectivity index (χ0) is 9.76. The van der Waals surface area contributed by atoms with Crippen molar-refractivity contribution in [1.82, 2.24) is 9.88 Å². The van der Waals surface area contributed by atoms with Crippen LogP contribution in [0, 0.1) is 5.92 Å². The van der Waals surface area contributed by atoms with Crippen molar-refractivity contribution in [1.29, 1.82) is 0 Å². The lowest BCUT2D eigenvalue weighted by Crippen LogP contribution is -2.41. The number of aromatic nitrogens is 1. The fraction of sp³-hybridized carbons (Fsp3) is 0.545. The molecule has 2 saturated heterocycles. The van der Waals surface area contributed by atoms with Crippen LogP contribution in [0.2, 0.25) is 5.15 Å². The number of fused-ring (bicyclic) bond motifs is 1. The van der Waals surface area contributed by atoms with Crippen LogP contribution < -0.4 is 0 Å². The van der Waals surface area contributed by atoms with Crippen molar-refractivity contribution in [3.8, 4) is 0 Å². The number of nitrogens with zero attached hydrogens (tertiary/aromatic N) is 2. The Morgan fingerprint density at radius 2 is 2.29 bits per heavy atom. The number of hydrogen-bond acceptors (Lipinski definition) is 2. The van der Waals surface area contributed by atoms with Gasteiger partial charge in [-0.15, -0.1) is 0 Å². The van der Waals surface area contributed by atoms with Gasteiger partial charge < -0.3 is 0 Å². The monoisotopic (exact) mass is 208 g/mol. The van der Waals surface area contributed by atoms with E-state index in [4.69, 9.17) is 11.6 Å². The van der Waals surface area contributed by atoms with E-state index < -0.39 is 0 Å². The largest absolute Gasteiger partial charge is 0.296 e. The molecular formula is C11H13ClN2. The first-order chi connectivity index (χ1) is 6.71. The zero-order valence-corrected chi connectivity index (χ0v) is 8.96. The second kappa shape index (κ2) is 2.71. The molecule has 0 spiro atoms. The SMILES string of the molecule is CN1CC2CC1(c1ccc(Cl)nc1)C2. The van der Waals surface area contributed by atoms with Crippen molar-refractivity contribution in [2.24, 2.45) is 5.92 Å². The van der Waals surface area contributed by atoms with Gasteiger partial charge in [-0.05, 0) is 37.4 Å². The Morgan fingerprint density at radius 3 is 2.79 bits per heavy atom. The summed E-state index contributed by atoms with van der Waals surface area (Å²) in [7, 11) is 2.21. The molecule has 1 aliphatic carbocycles. The molecule has 2 aliphatic heterocycles. The zero-order valence-electron chi connectivity index (χ0n) is 8.20. The van der Waals surface area contributed by atoms with Crippen LogP contribution in [-0.2, 0) is 5.54 Å². The van der Waals surface area contributed by atoms with Crippen molar-refractivity contribution in [3.05, 3.63) is 29.0 Å². The molecule has 3 heteroatoms. The Hall–Kier alpha value is -0.600. The van der Waals surface area contributed by atoms with Gasteiger partial charge >= 0.3 is 0 Å². The van der Waals surface area contributed by atoms with Gasteiger partial charge in [-0.1, -0.05) is 17.7 Å². The van der Waals surface area contributed by atoms with Crippen LogP contribution in [0.5, 0.6) is 0 Å². The van der Waals surface area contributed by atoms with E-state index in [0.717, 1.165) is 5.92 Å². The Labute approximate surface area is 88.9 Å². The molecule has 0 atom stereocenters. The molecule has 3 heterocycles. The normalized spacial score (nSPS) is 35.7. The van der Waals surface area contributed by atoms with Crippen molar-refractivity contribution in [2.45, 2.75) is 18.4 Å². The standard InChI is InChI=1S/C11H13ClN2/c1-14-7-8-4-11(14,5-8)9-2-3-10(12)13-6-9/h2-3,6,8H,4-5,7H2,1H3. The molecule has 14 heavy (non-hydrogen) atoms. The van der Waals surface area contributed by atoms with E-state index in [1.54, 1.807) is 0 Å². The highest BCUT2D eigenvalue weighted by Gasteiger charge is 2.55. The maximum Gasteiger partial charge on any atom is 0.129 e. The summed E-state index contributed by atoms with van der Waals surface area (Å²) in [6.45, 7) is 1.24. The minimum atomic E-state index is 0.294. The van der Waals surface area contributed by atoms with Gasteiger partial charge in [0.15, 0.2) is 0 Å². The average molecular weight is 209 g/mol. The first-order valence-corrected chi connectivity index (χ1v) is 5.42. The third-order valence-corrected chi connectivity index (χ3v) is 4.00. The third-order valence-electron chi connectivity index (χ3n) is 3.78. The van der Waals surface area contributed by atoms with Crippen LogP contribution in [0.1, 0.15) is 18.4 Å². The molecule has 0 unspecified atom stereocenters. The van der Waals surface area contributed by atoms with Gasteiger partial charge in [0.25, 0.3) is 0 Å². The summed E-state index contributed by atoms with van der Waals surface area (Å²) in [4.78, 5) is 6.63. The minimum absolute atomic E-state index is 0.294. The van der Waals surface area contributed by atoms with Crippen molar-refractivity contribution < 1.29 is 0 Å². The highest BCUT2D eigenvalue weighted by molar-refractivity contribution is 6.29. The molecule has 0 radical (unpaired) electrons. The molecular weight excluding hydrogens is 196 g/mol. The molecule has 74 valence electrons. The van der Waals surface area contributed by atoms with Crippen LogP contribution in [0.3, 0.4) is 0 Å². The van der Waals surface area contributed by atoms with E-state index in [-0.39, 0.29) is 0 Å². The molecule has 1 saturated carbocycles. The van der Waals surface area contributed by atoms with Crippen LogP contribution in [0.25, 0.3) is 0 Å². The molecule has 3 fully saturated rings. The average Bonchev–Trinajstić information content (AvgIpc) is 2.58. The van der Waals surface area contributed by atoms with Crippen molar-refractivity contribution in [3.63, 3.8) is 0 Å². The highest BCUT2D eigenvalue weighted by Crippen LogP contribution is 2.55. The van der Waals surface area contributed by atoms with Gasteiger partial charge in [0.05, 0.1) is 0 Å². The van der Waals surface area contributed by atoms with Gasteiger partial charge in [0.1, 0.15) is 5.15 Å². The molecule has 4 rings (SSSR count). The summed E-state index contributed by atoms with van der Waals surface area (Å²) in [5.74, 6) is 0.913. The Kier molecular flexibility index (Phi) is 1.68. The van der Waals surface area contributed by atoms with Crippen LogP contribution in [0.4, 0.5) is 0 Å². The fourth-order valence-electron chi connectivity index (χ4n) is 3.01. The van der Waals surface area contributed by atoms with E-state index in [1.165, 1.54) is 24.9 Å². The van der Waals surface area contributed by atoms with Gasteiger partial charge in [-0.2, -0.15) is 0 Å². The van der Waals surface area contributed by atoms with E-state index in [0.29, 0.717) is 10.7 Å². The summed E-state index contributed by atoms with van der Waals surface area (Å²) in [6, 6.07) is 4.01. The second-order valence-corrected chi connectivity index (χ2v) is 4.94. The molecule has 0 amide bonds. The molecule has 1 aromatic rings. The molecule has 0 N–H and O–H groups in total. The summed E-state index contributed by atoms with van der Waals surface area (Å²) >= 11 is 5.79. The Balaban J connectivity index is 1.99. The summed E-state index contributed by atoms with van der Waals surface area (Å²) in [6.07, 6.45) is 4.53. The summed E-state index contributed by atoms with van der Waals surface area (Å²) in [5.41, 5.74) is 1.63. The fourth-order valence-corrected chi connectivity index (χ4v) is 3.12. The van der Waals surface area contributed by atoms with Gasteiger partial charge in [-0.25, -0.2) is 4.98 Å². The van der Waals surface area contributed by atoms with E-state index in [1.807, 2.05) is 12.3 Å². The maximum atomic E-state index is 5.79. The summed E-state index contributed by atoms with van der Waals surface area (Å²) < 4.78 is 0. The predicted molar refractivity (Wildman–Crippen MR) is 56.3 cm³/mol. The van der Waals surface area contributed by atoms with Gasteiger partial charge in [-0.3, -0.25) is 4.90 Å². The maximum absolute atomic E-state index is 5.79. The number of hydrogen-bond donors (Lipinski definition) is 0. The van der Waals surface area contributed by atoms with Gasteiger partial charge in [0, 0.05) is 18.3 Å². The van der Waals surface area contributed by atoms with Crippen molar-refractivity contribution >= 4 is 11.6 Å². The lowest BCUT2D eigenvalue weighted by atomic mass is 9.70. The Bertz CT molecular complexity index is 354. The molecule has 2 bridgehead atoms. The first kappa shape index (κ1) is 8.69. The van der Waals surface area contributed by atoms with E-state index in [2.05, 4.69) is 23.0 Å². The third kappa shape index (κ3) is 0.984. The van der Waals surface area contributed by atoms with Crippen LogP contribution in [-0.4, -0.2) is 23.5 Å². The number of rotatable bonds is 1. The van der Waals surface area contributed by atoms with Crippen molar-refractivity contribution in [2.75, 3.05) is 13.6 Å². The number of pyridine rings is 1. The highest BCUT2D eigenvalue weighted by atomic mass is 35.5. The summed E-state index contributed by atoms with van der Waals surface area (Å²) in [5, 5.41) is 0.585. The molecule has 2 nitrogen and oxygen atoms in total. The molecule has 0 aromatic carbocycles.